The minimum absolute atomic E-state index is 0.279. The van der Waals surface area contributed by atoms with Crippen molar-refractivity contribution in [3.8, 4) is 0 Å². The Kier molecular flexibility index (Phi) is 3.68. The summed E-state index contributed by atoms with van der Waals surface area (Å²) in [7, 11) is 0. The van der Waals surface area contributed by atoms with Gasteiger partial charge in [0.25, 0.3) is 5.91 Å². The zero-order chi connectivity index (χ0) is 14.9. The van der Waals surface area contributed by atoms with Crippen LogP contribution in [0.4, 0.5) is 0 Å². The molecule has 0 radical (unpaired) electrons. The molecule has 2 aromatic rings. The molecule has 1 aliphatic carbocycles. The molecule has 0 atom stereocenters. The van der Waals surface area contributed by atoms with Crippen LogP contribution in [-0.2, 0) is 11.3 Å². The van der Waals surface area contributed by atoms with Crippen molar-refractivity contribution >= 4 is 16.9 Å². The van der Waals surface area contributed by atoms with Crippen molar-refractivity contribution in [1.82, 2.24) is 15.3 Å². The maximum Gasteiger partial charge on any atom is 0.252 e. The fourth-order valence-electron chi connectivity index (χ4n) is 2.95. The lowest BCUT2D eigenvalue weighted by atomic mass is 9.84. The largest absolute Gasteiger partial charge is 0.380 e. The van der Waals surface area contributed by atoms with Crippen LogP contribution in [0.15, 0.2) is 18.2 Å². The van der Waals surface area contributed by atoms with Crippen LogP contribution in [0.2, 0.25) is 0 Å². The molecular weight excluding hydrogens is 266 g/mol. The Labute approximate surface area is 123 Å². The van der Waals surface area contributed by atoms with Gasteiger partial charge in [0.15, 0.2) is 0 Å². The number of aliphatic hydroxyl groups is 1. The lowest BCUT2D eigenvalue weighted by Crippen LogP contribution is -2.47. The van der Waals surface area contributed by atoms with Gasteiger partial charge in [-0.3, -0.25) is 4.79 Å². The second-order valence-electron chi connectivity index (χ2n) is 5.98. The Morgan fingerprint density at radius 3 is 2.90 bits per heavy atom. The molecule has 0 bridgehead atoms. The third kappa shape index (κ3) is 2.93. The van der Waals surface area contributed by atoms with Crippen LogP contribution >= 0.6 is 0 Å². The molecule has 1 heterocycles. The van der Waals surface area contributed by atoms with Gasteiger partial charge in [-0.25, -0.2) is 4.98 Å². The van der Waals surface area contributed by atoms with Crippen LogP contribution in [0.5, 0.6) is 0 Å². The van der Waals surface area contributed by atoms with Gasteiger partial charge in [-0.15, -0.1) is 0 Å². The summed E-state index contributed by atoms with van der Waals surface area (Å²) in [6.45, 7) is 2.34. The van der Waals surface area contributed by atoms with Crippen molar-refractivity contribution in [3.05, 3.63) is 29.6 Å². The molecule has 5 heteroatoms. The second-order valence-corrected chi connectivity index (χ2v) is 5.98. The highest BCUT2D eigenvalue weighted by molar-refractivity contribution is 5.85. The Morgan fingerprint density at radius 2 is 2.14 bits per heavy atom. The summed E-state index contributed by atoms with van der Waals surface area (Å²) in [6, 6.07) is 6.00. The highest BCUT2D eigenvalue weighted by Gasteiger charge is 2.36. The molecule has 1 amide bonds. The number of hydrogen-bond acceptors (Lipinski definition) is 3. The predicted octanol–water partition coefficient (Wildman–Crippen LogP) is 2.18. The SMILES string of the molecule is Cc1ccc2nc(CNC(=O)C3(O)CCCCC3)[nH]c2c1. The summed E-state index contributed by atoms with van der Waals surface area (Å²) in [5.41, 5.74) is 1.83. The van der Waals surface area contributed by atoms with E-state index in [0.29, 0.717) is 25.2 Å². The van der Waals surface area contributed by atoms with Crippen molar-refractivity contribution in [2.75, 3.05) is 0 Å². The summed E-state index contributed by atoms with van der Waals surface area (Å²) in [6.07, 6.45) is 4.02. The van der Waals surface area contributed by atoms with Gasteiger partial charge in [-0.05, 0) is 37.5 Å². The molecular formula is C16H21N3O2. The summed E-state index contributed by atoms with van der Waals surface area (Å²) < 4.78 is 0. The molecule has 1 saturated carbocycles. The van der Waals surface area contributed by atoms with E-state index in [1.54, 1.807) is 0 Å². The summed E-state index contributed by atoms with van der Waals surface area (Å²) in [5, 5.41) is 13.2. The van der Waals surface area contributed by atoms with E-state index < -0.39 is 5.60 Å². The third-order valence-electron chi connectivity index (χ3n) is 4.21. The van der Waals surface area contributed by atoms with Crippen LogP contribution in [-0.4, -0.2) is 26.6 Å². The number of carbonyl (C=O) groups excluding carboxylic acids is 1. The van der Waals surface area contributed by atoms with Crippen LogP contribution in [0.3, 0.4) is 0 Å². The Hall–Kier alpha value is -1.88. The molecule has 112 valence electrons. The fourth-order valence-corrected chi connectivity index (χ4v) is 2.95. The molecule has 1 aliphatic rings. The number of rotatable bonds is 3. The molecule has 3 N–H and O–H groups in total. The second kappa shape index (κ2) is 5.48. The first kappa shape index (κ1) is 14.1. The minimum Gasteiger partial charge on any atom is -0.380 e. The number of hydrogen-bond donors (Lipinski definition) is 3. The van der Waals surface area contributed by atoms with Gasteiger partial charge in [0, 0.05) is 0 Å². The highest BCUT2D eigenvalue weighted by atomic mass is 16.3. The van der Waals surface area contributed by atoms with E-state index in [0.717, 1.165) is 30.3 Å². The molecule has 1 aromatic heterocycles. The molecule has 0 saturated heterocycles. The van der Waals surface area contributed by atoms with Crippen LogP contribution in [0.25, 0.3) is 11.0 Å². The van der Waals surface area contributed by atoms with Gasteiger partial charge >= 0.3 is 0 Å². The lowest BCUT2D eigenvalue weighted by molar-refractivity contribution is -0.143. The number of carbonyl (C=O) groups is 1. The number of nitrogens with zero attached hydrogens (tertiary/aromatic N) is 1. The number of benzene rings is 1. The number of aromatic amines is 1. The van der Waals surface area contributed by atoms with Gasteiger partial charge in [-0.1, -0.05) is 25.3 Å². The van der Waals surface area contributed by atoms with Crippen molar-refractivity contribution in [1.29, 1.82) is 0 Å². The number of amides is 1. The van der Waals surface area contributed by atoms with Gasteiger partial charge in [0.1, 0.15) is 11.4 Å². The fraction of sp³-hybridized carbons (Fsp3) is 0.500. The number of aryl methyl sites for hydroxylation is 1. The van der Waals surface area contributed by atoms with Crippen LogP contribution < -0.4 is 5.32 Å². The van der Waals surface area contributed by atoms with E-state index in [2.05, 4.69) is 15.3 Å². The molecule has 21 heavy (non-hydrogen) atoms. The maximum atomic E-state index is 12.2. The molecule has 0 aliphatic heterocycles. The standard InChI is InChI=1S/C16H21N3O2/c1-11-5-6-12-13(9-11)19-14(18-12)10-17-15(20)16(21)7-3-2-4-8-16/h5-6,9,21H,2-4,7-8,10H2,1H3,(H,17,20)(H,18,19). The van der Waals surface area contributed by atoms with Gasteiger partial charge in [0.05, 0.1) is 17.6 Å². The Bertz CT molecular complexity index is 657. The van der Waals surface area contributed by atoms with E-state index >= 15 is 0 Å². The summed E-state index contributed by atoms with van der Waals surface area (Å²) >= 11 is 0. The van der Waals surface area contributed by atoms with Gasteiger partial charge in [-0.2, -0.15) is 0 Å². The quantitative estimate of drug-likeness (QED) is 0.809. The lowest BCUT2D eigenvalue weighted by Gasteiger charge is -2.30. The summed E-state index contributed by atoms with van der Waals surface area (Å²) in [5.74, 6) is 0.433. The van der Waals surface area contributed by atoms with Crippen LogP contribution in [0.1, 0.15) is 43.5 Å². The molecule has 1 fully saturated rings. The van der Waals surface area contributed by atoms with E-state index in [4.69, 9.17) is 0 Å². The van der Waals surface area contributed by atoms with Gasteiger partial charge in [0.2, 0.25) is 0 Å². The number of imidazole rings is 1. The molecule has 0 unspecified atom stereocenters. The maximum absolute atomic E-state index is 12.2. The first-order valence-electron chi connectivity index (χ1n) is 7.53. The van der Waals surface area contributed by atoms with E-state index in [-0.39, 0.29) is 5.91 Å². The van der Waals surface area contributed by atoms with Crippen molar-refractivity contribution in [2.24, 2.45) is 0 Å². The highest BCUT2D eigenvalue weighted by Crippen LogP contribution is 2.28. The average molecular weight is 287 g/mol. The minimum atomic E-state index is -1.19. The summed E-state index contributed by atoms with van der Waals surface area (Å²) in [4.78, 5) is 19.8. The molecule has 5 nitrogen and oxygen atoms in total. The Morgan fingerprint density at radius 1 is 1.38 bits per heavy atom. The number of fused-ring (bicyclic) bond motifs is 1. The monoisotopic (exact) mass is 287 g/mol. The van der Waals surface area contributed by atoms with E-state index in [9.17, 15) is 9.90 Å². The first-order chi connectivity index (χ1) is 10.1. The number of aromatic nitrogens is 2. The zero-order valence-electron chi connectivity index (χ0n) is 12.3. The van der Waals surface area contributed by atoms with Crippen molar-refractivity contribution < 1.29 is 9.90 Å². The molecule has 0 spiro atoms. The first-order valence-corrected chi connectivity index (χ1v) is 7.53. The number of nitrogens with one attached hydrogen (secondary N) is 2. The molecule has 3 rings (SSSR count). The topological polar surface area (TPSA) is 78.0 Å². The van der Waals surface area contributed by atoms with E-state index in [1.165, 1.54) is 5.56 Å². The number of H-pyrrole nitrogens is 1. The normalized spacial score (nSPS) is 17.8. The Balaban J connectivity index is 1.67. The molecule has 1 aromatic carbocycles. The third-order valence-corrected chi connectivity index (χ3v) is 4.21. The average Bonchev–Trinajstić information content (AvgIpc) is 2.87. The van der Waals surface area contributed by atoms with Crippen molar-refractivity contribution in [2.45, 2.75) is 51.2 Å². The van der Waals surface area contributed by atoms with Crippen molar-refractivity contribution in [3.63, 3.8) is 0 Å². The van der Waals surface area contributed by atoms with Gasteiger partial charge < -0.3 is 15.4 Å². The zero-order valence-corrected chi connectivity index (χ0v) is 12.3. The van der Waals surface area contributed by atoms with E-state index in [1.807, 2.05) is 25.1 Å². The predicted molar refractivity (Wildman–Crippen MR) is 80.7 cm³/mol. The van der Waals surface area contributed by atoms with Crippen LogP contribution in [0, 0.1) is 6.92 Å². The smallest absolute Gasteiger partial charge is 0.252 e.